The molecule has 1 heterocycles. The maximum atomic E-state index is 13.1. The van der Waals surface area contributed by atoms with Crippen molar-refractivity contribution in [3.8, 4) is 17.3 Å². The number of aromatic nitrogens is 3. The Morgan fingerprint density at radius 3 is 2.78 bits per heavy atom. The van der Waals surface area contributed by atoms with Crippen LogP contribution in [0.25, 0.3) is 11.3 Å². The molecule has 5 nitrogen and oxygen atoms in total. The monoisotopic (exact) mass is 248 g/mol. The van der Waals surface area contributed by atoms with Gasteiger partial charge in [0.05, 0.1) is 6.07 Å². The Hall–Kier alpha value is -2.62. The number of halogens is 2. The molecule has 1 aromatic carbocycles. The van der Waals surface area contributed by atoms with E-state index in [0.29, 0.717) is 6.29 Å². The zero-order valence-electron chi connectivity index (χ0n) is 8.97. The summed E-state index contributed by atoms with van der Waals surface area (Å²) in [6.45, 7) is -0.144. The van der Waals surface area contributed by atoms with Gasteiger partial charge in [0.25, 0.3) is 0 Å². The average Bonchev–Trinajstić information content (AvgIpc) is 2.76. The lowest BCUT2D eigenvalue weighted by molar-refractivity contribution is 0.111. The first kappa shape index (κ1) is 11.9. The van der Waals surface area contributed by atoms with Gasteiger partial charge in [-0.2, -0.15) is 5.26 Å². The second-order valence-corrected chi connectivity index (χ2v) is 3.39. The van der Waals surface area contributed by atoms with Crippen LogP contribution in [-0.2, 0) is 6.54 Å². The first-order chi connectivity index (χ1) is 8.67. The zero-order chi connectivity index (χ0) is 13.1. The van der Waals surface area contributed by atoms with Crippen LogP contribution in [0.4, 0.5) is 8.78 Å². The van der Waals surface area contributed by atoms with Gasteiger partial charge >= 0.3 is 0 Å². The van der Waals surface area contributed by atoms with Gasteiger partial charge in [-0.25, -0.2) is 13.5 Å². The second kappa shape index (κ2) is 4.71. The van der Waals surface area contributed by atoms with E-state index in [2.05, 4.69) is 10.3 Å². The number of nitrogens with zero attached hydrogens (tertiary/aromatic N) is 4. The number of hydrogen-bond donors (Lipinski definition) is 0. The van der Waals surface area contributed by atoms with Gasteiger partial charge in [-0.05, 0) is 18.2 Å². The van der Waals surface area contributed by atoms with E-state index in [1.54, 1.807) is 0 Å². The molecule has 2 aromatic rings. The van der Waals surface area contributed by atoms with Gasteiger partial charge in [-0.3, -0.25) is 4.79 Å². The highest BCUT2D eigenvalue weighted by atomic mass is 19.2. The maximum absolute atomic E-state index is 13.1. The van der Waals surface area contributed by atoms with E-state index in [-0.39, 0.29) is 23.5 Å². The number of carbonyl (C=O) groups is 1. The molecule has 18 heavy (non-hydrogen) atoms. The van der Waals surface area contributed by atoms with Gasteiger partial charge in [0.2, 0.25) is 0 Å². The van der Waals surface area contributed by atoms with Crippen LogP contribution in [0.1, 0.15) is 10.5 Å². The highest BCUT2D eigenvalue weighted by molar-refractivity contribution is 5.83. The van der Waals surface area contributed by atoms with Crippen molar-refractivity contribution >= 4 is 6.29 Å². The molecule has 0 aliphatic carbocycles. The van der Waals surface area contributed by atoms with Crippen molar-refractivity contribution in [2.45, 2.75) is 6.54 Å². The van der Waals surface area contributed by atoms with Crippen molar-refractivity contribution in [1.82, 2.24) is 15.0 Å². The lowest BCUT2D eigenvalue weighted by atomic mass is 10.1. The van der Waals surface area contributed by atoms with Crippen LogP contribution in [-0.4, -0.2) is 21.3 Å². The van der Waals surface area contributed by atoms with Crippen LogP contribution in [0.2, 0.25) is 0 Å². The van der Waals surface area contributed by atoms with Crippen molar-refractivity contribution in [2.75, 3.05) is 0 Å². The SMILES string of the molecule is N#CCn1nnc(C=O)c1-c1ccc(F)c(F)c1. The molecule has 0 atom stereocenters. The minimum Gasteiger partial charge on any atom is -0.296 e. The molecule has 2 rings (SSSR count). The summed E-state index contributed by atoms with van der Waals surface area (Å²) < 4.78 is 27.1. The number of hydrogen-bond acceptors (Lipinski definition) is 4. The first-order valence-electron chi connectivity index (χ1n) is 4.88. The van der Waals surface area contributed by atoms with E-state index < -0.39 is 11.6 Å². The van der Waals surface area contributed by atoms with Crippen molar-refractivity contribution < 1.29 is 13.6 Å². The summed E-state index contributed by atoms with van der Waals surface area (Å²) in [4.78, 5) is 10.8. The smallest absolute Gasteiger partial charge is 0.172 e. The Labute approximate surface area is 100 Å². The zero-order valence-corrected chi connectivity index (χ0v) is 8.97. The van der Waals surface area contributed by atoms with Gasteiger partial charge in [0.1, 0.15) is 12.2 Å². The maximum Gasteiger partial charge on any atom is 0.172 e. The van der Waals surface area contributed by atoms with Gasteiger partial charge in [0.15, 0.2) is 23.6 Å². The average molecular weight is 248 g/mol. The van der Waals surface area contributed by atoms with Crippen molar-refractivity contribution in [1.29, 1.82) is 5.26 Å². The number of carbonyl (C=O) groups excluding carboxylic acids is 1. The van der Waals surface area contributed by atoms with E-state index in [9.17, 15) is 13.6 Å². The van der Waals surface area contributed by atoms with Crippen molar-refractivity contribution in [3.05, 3.63) is 35.5 Å². The Kier molecular flexibility index (Phi) is 3.10. The van der Waals surface area contributed by atoms with Crippen LogP contribution in [0.3, 0.4) is 0 Å². The summed E-state index contributed by atoms with van der Waals surface area (Å²) in [5.74, 6) is -2.04. The molecule has 1 aromatic heterocycles. The molecule has 0 radical (unpaired) electrons. The molecule has 0 saturated carbocycles. The summed E-state index contributed by atoms with van der Waals surface area (Å²) in [5, 5.41) is 15.8. The highest BCUT2D eigenvalue weighted by Crippen LogP contribution is 2.23. The molecule has 90 valence electrons. The first-order valence-corrected chi connectivity index (χ1v) is 4.88. The second-order valence-electron chi connectivity index (χ2n) is 3.39. The summed E-state index contributed by atoms with van der Waals surface area (Å²) >= 11 is 0. The van der Waals surface area contributed by atoms with E-state index in [0.717, 1.165) is 16.8 Å². The molecule has 0 N–H and O–H groups in total. The van der Waals surface area contributed by atoms with Crippen LogP contribution < -0.4 is 0 Å². The van der Waals surface area contributed by atoms with Gasteiger partial charge in [-0.15, -0.1) is 5.10 Å². The Morgan fingerprint density at radius 2 is 2.17 bits per heavy atom. The largest absolute Gasteiger partial charge is 0.296 e. The van der Waals surface area contributed by atoms with Crippen LogP contribution in [0, 0.1) is 23.0 Å². The van der Waals surface area contributed by atoms with Crippen LogP contribution in [0.5, 0.6) is 0 Å². The molecule has 0 fully saturated rings. The molecule has 0 amide bonds. The summed E-state index contributed by atoms with van der Waals surface area (Å²) in [6, 6.07) is 4.98. The fourth-order valence-corrected chi connectivity index (χ4v) is 1.52. The minimum atomic E-state index is -1.05. The van der Waals surface area contributed by atoms with E-state index in [4.69, 9.17) is 5.26 Å². The quantitative estimate of drug-likeness (QED) is 0.773. The topological polar surface area (TPSA) is 71.6 Å². The summed E-state index contributed by atoms with van der Waals surface area (Å²) in [7, 11) is 0. The standard InChI is InChI=1S/C11H6F2N4O/c12-8-2-1-7(5-9(8)13)11-10(6-18)15-16-17(11)4-3-14/h1-2,5-6H,4H2. The molecule has 0 saturated heterocycles. The number of aldehydes is 1. The fraction of sp³-hybridized carbons (Fsp3) is 0.0909. The minimum absolute atomic E-state index is 0.0312. The van der Waals surface area contributed by atoms with Gasteiger partial charge in [0, 0.05) is 5.56 Å². The third kappa shape index (κ3) is 1.96. The number of benzene rings is 1. The summed E-state index contributed by atoms with van der Waals surface area (Å²) in [6.07, 6.45) is 0.442. The molecular formula is C11H6F2N4O. The predicted octanol–water partition coefficient (Wildman–Crippen LogP) is 1.56. The molecule has 0 aliphatic heterocycles. The Morgan fingerprint density at radius 1 is 1.39 bits per heavy atom. The van der Waals surface area contributed by atoms with E-state index in [1.165, 1.54) is 6.07 Å². The Bertz CT molecular complexity index is 645. The number of nitriles is 1. The lowest BCUT2D eigenvalue weighted by Gasteiger charge is -2.03. The van der Waals surface area contributed by atoms with Crippen LogP contribution >= 0.6 is 0 Å². The van der Waals surface area contributed by atoms with E-state index >= 15 is 0 Å². The van der Waals surface area contributed by atoms with Crippen molar-refractivity contribution in [2.24, 2.45) is 0 Å². The Balaban J connectivity index is 2.61. The normalized spacial score (nSPS) is 10.1. The summed E-state index contributed by atoms with van der Waals surface area (Å²) in [5.41, 5.74) is 0.387. The fourth-order valence-electron chi connectivity index (χ4n) is 1.52. The highest BCUT2D eigenvalue weighted by Gasteiger charge is 2.15. The molecule has 7 heteroatoms. The van der Waals surface area contributed by atoms with Gasteiger partial charge in [-0.1, -0.05) is 5.21 Å². The molecule has 0 spiro atoms. The molecule has 0 aliphatic rings. The predicted molar refractivity (Wildman–Crippen MR) is 56.4 cm³/mol. The molecular weight excluding hydrogens is 242 g/mol. The number of rotatable bonds is 3. The third-order valence-corrected chi connectivity index (χ3v) is 2.29. The molecule has 0 unspecified atom stereocenters. The lowest BCUT2D eigenvalue weighted by Crippen LogP contribution is -2.02. The van der Waals surface area contributed by atoms with Gasteiger partial charge < -0.3 is 0 Å². The third-order valence-electron chi connectivity index (χ3n) is 2.29. The van der Waals surface area contributed by atoms with E-state index in [1.807, 2.05) is 6.07 Å². The van der Waals surface area contributed by atoms with Crippen molar-refractivity contribution in [3.63, 3.8) is 0 Å². The molecule has 0 bridgehead atoms. The van der Waals surface area contributed by atoms with Crippen LogP contribution in [0.15, 0.2) is 18.2 Å².